The number of fused-ring (bicyclic) bond motifs is 1. The molecule has 2 heterocycles. The zero-order valence-electron chi connectivity index (χ0n) is 20.3. The number of ether oxygens (including phenoxy) is 2. The van der Waals surface area contributed by atoms with Gasteiger partial charge in [0.25, 0.3) is 0 Å². The number of para-hydroxylation sites is 3. The van der Waals surface area contributed by atoms with Crippen molar-refractivity contribution in [3.8, 4) is 11.5 Å². The summed E-state index contributed by atoms with van der Waals surface area (Å²) in [7, 11) is 3.23. The minimum Gasteiger partial charge on any atom is -0.496 e. The second kappa shape index (κ2) is 10.5. The second-order valence-corrected chi connectivity index (χ2v) is 9.22. The molecule has 1 aliphatic heterocycles. The number of methoxy groups -OCH3 is 2. The van der Waals surface area contributed by atoms with Gasteiger partial charge in [-0.25, -0.2) is 9.37 Å². The van der Waals surface area contributed by atoms with Crippen molar-refractivity contribution in [1.29, 1.82) is 0 Å². The zero-order valence-corrected chi connectivity index (χ0v) is 20.3. The maximum atomic E-state index is 14.1. The van der Waals surface area contributed by atoms with Crippen molar-refractivity contribution in [2.75, 3.05) is 27.3 Å². The first-order valence-electron chi connectivity index (χ1n) is 12.3. The first-order valence-corrected chi connectivity index (χ1v) is 12.3. The van der Waals surface area contributed by atoms with Crippen LogP contribution in [0.2, 0.25) is 0 Å². The van der Waals surface area contributed by atoms with Crippen LogP contribution >= 0.6 is 0 Å². The van der Waals surface area contributed by atoms with Gasteiger partial charge in [0.1, 0.15) is 11.6 Å². The summed E-state index contributed by atoms with van der Waals surface area (Å²) in [5.74, 6) is 2.56. The Balaban J connectivity index is 1.61. The monoisotopic (exact) mass is 473 g/mol. The number of piperidine rings is 1. The van der Waals surface area contributed by atoms with E-state index >= 15 is 0 Å². The SMILES string of the molecule is COc1cc(CC(c2nc3ccccc3n2Cc2ccccc2OC)C2CCNCC2)ccc1F. The summed E-state index contributed by atoms with van der Waals surface area (Å²) >= 11 is 0. The molecule has 1 aromatic heterocycles. The molecule has 5 nitrogen and oxygen atoms in total. The van der Waals surface area contributed by atoms with E-state index in [9.17, 15) is 4.39 Å². The molecule has 1 fully saturated rings. The van der Waals surface area contributed by atoms with Crippen LogP contribution < -0.4 is 14.8 Å². The lowest BCUT2D eigenvalue weighted by Gasteiger charge is -2.31. The van der Waals surface area contributed by atoms with Crippen LogP contribution in [0, 0.1) is 11.7 Å². The lowest BCUT2D eigenvalue weighted by molar-refractivity contribution is 0.303. The fraction of sp³-hybridized carbons (Fsp3) is 0.345. The van der Waals surface area contributed by atoms with Gasteiger partial charge in [-0.15, -0.1) is 0 Å². The maximum Gasteiger partial charge on any atom is 0.165 e. The van der Waals surface area contributed by atoms with Crippen LogP contribution in [0.25, 0.3) is 11.0 Å². The van der Waals surface area contributed by atoms with E-state index in [1.165, 1.54) is 13.2 Å². The highest BCUT2D eigenvalue weighted by Gasteiger charge is 2.30. The van der Waals surface area contributed by atoms with E-state index < -0.39 is 0 Å². The van der Waals surface area contributed by atoms with Gasteiger partial charge >= 0.3 is 0 Å². The number of halogens is 1. The summed E-state index contributed by atoms with van der Waals surface area (Å²) < 4.78 is 27.4. The van der Waals surface area contributed by atoms with Crippen LogP contribution in [0.3, 0.4) is 0 Å². The summed E-state index contributed by atoms with van der Waals surface area (Å²) in [5, 5.41) is 3.49. The smallest absolute Gasteiger partial charge is 0.165 e. The molecule has 1 aliphatic rings. The Morgan fingerprint density at radius 1 is 0.971 bits per heavy atom. The second-order valence-electron chi connectivity index (χ2n) is 9.22. The average Bonchev–Trinajstić information content (AvgIpc) is 3.27. The Morgan fingerprint density at radius 2 is 1.71 bits per heavy atom. The van der Waals surface area contributed by atoms with E-state index in [1.807, 2.05) is 36.4 Å². The number of aromatic nitrogens is 2. The molecule has 0 aliphatic carbocycles. The number of nitrogens with zero attached hydrogens (tertiary/aromatic N) is 2. The Labute approximate surface area is 205 Å². The summed E-state index contributed by atoms with van der Waals surface area (Å²) in [6.45, 7) is 2.68. The maximum absolute atomic E-state index is 14.1. The molecule has 1 atom stereocenters. The molecule has 0 saturated carbocycles. The van der Waals surface area contributed by atoms with E-state index in [0.717, 1.165) is 66.1 Å². The van der Waals surface area contributed by atoms with Crippen LogP contribution in [0.1, 0.15) is 35.7 Å². The summed E-state index contributed by atoms with van der Waals surface area (Å²) in [6.07, 6.45) is 2.94. The highest BCUT2D eigenvalue weighted by Crippen LogP contribution is 2.37. The van der Waals surface area contributed by atoms with E-state index in [-0.39, 0.29) is 17.5 Å². The van der Waals surface area contributed by atoms with Crippen LogP contribution in [-0.4, -0.2) is 36.9 Å². The third-order valence-corrected chi connectivity index (χ3v) is 7.16. The molecule has 3 aromatic carbocycles. The van der Waals surface area contributed by atoms with Crippen molar-refractivity contribution < 1.29 is 13.9 Å². The van der Waals surface area contributed by atoms with Gasteiger partial charge in [0.2, 0.25) is 0 Å². The quantitative estimate of drug-likeness (QED) is 0.364. The van der Waals surface area contributed by atoms with Crippen molar-refractivity contribution >= 4 is 11.0 Å². The minimum atomic E-state index is -0.335. The van der Waals surface area contributed by atoms with E-state index in [0.29, 0.717) is 12.5 Å². The Kier molecular flexibility index (Phi) is 7.00. The predicted octanol–water partition coefficient (Wildman–Crippen LogP) is 5.57. The lowest BCUT2D eigenvalue weighted by atomic mass is 9.80. The largest absolute Gasteiger partial charge is 0.496 e. The van der Waals surface area contributed by atoms with Gasteiger partial charge in [0.05, 0.1) is 31.8 Å². The summed E-state index contributed by atoms with van der Waals surface area (Å²) in [5.41, 5.74) is 4.28. The first-order chi connectivity index (χ1) is 17.2. The Hall–Kier alpha value is -3.38. The van der Waals surface area contributed by atoms with Crippen molar-refractivity contribution in [3.63, 3.8) is 0 Å². The molecular formula is C29H32FN3O2. The normalized spacial score (nSPS) is 15.3. The molecule has 1 N–H and O–H groups in total. The van der Waals surface area contributed by atoms with E-state index in [4.69, 9.17) is 14.5 Å². The molecule has 1 unspecified atom stereocenters. The molecule has 6 heteroatoms. The number of benzene rings is 3. The average molecular weight is 474 g/mol. The highest BCUT2D eigenvalue weighted by atomic mass is 19.1. The molecule has 35 heavy (non-hydrogen) atoms. The standard InChI is InChI=1S/C29H32FN3O2/c1-34-27-10-6-3-7-22(27)19-33-26-9-5-4-8-25(26)32-29(33)23(21-13-15-31-16-14-21)17-20-11-12-24(30)28(18-20)35-2/h3-12,18,21,23,31H,13-17,19H2,1-2H3. The van der Waals surface area contributed by atoms with Gasteiger partial charge < -0.3 is 19.4 Å². The predicted molar refractivity (Wildman–Crippen MR) is 137 cm³/mol. The topological polar surface area (TPSA) is 48.3 Å². The number of hydrogen-bond donors (Lipinski definition) is 1. The molecule has 0 amide bonds. The zero-order chi connectivity index (χ0) is 24.2. The highest BCUT2D eigenvalue weighted by molar-refractivity contribution is 5.76. The van der Waals surface area contributed by atoms with Crippen molar-refractivity contribution in [1.82, 2.24) is 14.9 Å². The van der Waals surface area contributed by atoms with Gasteiger partial charge in [-0.1, -0.05) is 36.4 Å². The fourth-order valence-electron chi connectivity index (χ4n) is 5.35. The fourth-order valence-corrected chi connectivity index (χ4v) is 5.35. The van der Waals surface area contributed by atoms with Crippen LogP contribution in [0.4, 0.5) is 4.39 Å². The molecule has 4 aromatic rings. The first kappa shape index (κ1) is 23.4. The number of rotatable bonds is 8. The third-order valence-electron chi connectivity index (χ3n) is 7.16. The van der Waals surface area contributed by atoms with Gasteiger partial charge in [0, 0.05) is 11.5 Å². The molecule has 0 bridgehead atoms. The molecule has 182 valence electrons. The Bertz CT molecular complexity index is 1300. The number of hydrogen-bond acceptors (Lipinski definition) is 4. The van der Waals surface area contributed by atoms with Gasteiger partial charge in [-0.3, -0.25) is 0 Å². The van der Waals surface area contributed by atoms with Gasteiger partial charge in [0.15, 0.2) is 11.6 Å². The van der Waals surface area contributed by atoms with Crippen LogP contribution in [0.5, 0.6) is 11.5 Å². The summed E-state index contributed by atoms with van der Waals surface area (Å²) in [4.78, 5) is 5.19. The van der Waals surface area contributed by atoms with Crippen molar-refractivity contribution in [2.45, 2.75) is 31.7 Å². The number of nitrogens with one attached hydrogen (secondary N) is 1. The van der Waals surface area contributed by atoms with Crippen molar-refractivity contribution in [3.05, 3.63) is 89.5 Å². The van der Waals surface area contributed by atoms with Crippen LogP contribution in [-0.2, 0) is 13.0 Å². The van der Waals surface area contributed by atoms with Crippen LogP contribution in [0.15, 0.2) is 66.7 Å². The van der Waals surface area contributed by atoms with Crippen molar-refractivity contribution in [2.24, 2.45) is 5.92 Å². The Morgan fingerprint density at radius 3 is 2.51 bits per heavy atom. The molecule has 5 rings (SSSR count). The van der Waals surface area contributed by atoms with Gasteiger partial charge in [-0.2, -0.15) is 0 Å². The minimum absolute atomic E-state index is 0.189. The van der Waals surface area contributed by atoms with Gasteiger partial charge in [-0.05, 0) is 74.2 Å². The summed E-state index contributed by atoms with van der Waals surface area (Å²) in [6, 6.07) is 21.7. The number of imidazole rings is 1. The molecule has 0 spiro atoms. The third kappa shape index (κ3) is 4.89. The molecule has 1 saturated heterocycles. The molecule has 0 radical (unpaired) electrons. The van der Waals surface area contributed by atoms with E-state index in [1.54, 1.807) is 7.11 Å². The lowest BCUT2D eigenvalue weighted by Crippen LogP contribution is -2.32. The van der Waals surface area contributed by atoms with E-state index in [2.05, 4.69) is 34.1 Å². The molecular weight excluding hydrogens is 441 g/mol.